The summed E-state index contributed by atoms with van der Waals surface area (Å²) in [6, 6.07) is 12.9. The topological polar surface area (TPSA) is 12.0 Å². The van der Waals surface area contributed by atoms with Gasteiger partial charge in [-0.3, -0.25) is 0 Å². The molecule has 0 amide bonds. The molecular formula is C17H19ClFN. The number of likely N-dealkylation sites (N-methyl/N-ethyl adjacent to an activating group) is 1. The summed E-state index contributed by atoms with van der Waals surface area (Å²) in [4.78, 5) is 0. The lowest BCUT2D eigenvalue weighted by Crippen LogP contribution is -2.24. The first-order valence-electron chi connectivity index (χ1n) is 6.84. The molecule has 0 aromatic heterocycles. The van der Waals surface area contributed by atoms with Crippen molar-refractivity contribution in [1.29, 1.82) is 0 Å². The summed E-state index contributed by atoms with van der Waals surface area (Å²) in [5.74, 6) is -0.215. The van der Waals surface area contributed by atoms with Gasteiger partial charge in [0.05, 0.1) is 0 Å². The van der Waals surface area contributed by atoms with Crippen LogP contribution in [0.2, 0.25) is 5.02 Å². The van der Waals surface area contributed by atoms with Crippen LogP contribution in [0, 0.1) is 12.7 Å². The fraction of sp³-hybridized carbons (Fsp3) is 0.294. The summed E-state index contributed by atoms with van der Waals surface area (Å²) >= 11 is 5.99. The predicted octanol–water partition coefficient (Wildman–Crippen LogP) is 4.68. The van der Waals surface area contributed by atoms with Gasteiger partial charge in [0.2, 0.25) is 0 Å². The molecule has 0 aliphatic carbocycles. The van der Waals surface area contributed by atoms with E-state index in [2.05, 4.69) is 30.4 Å². The van der Waals surface area contributed by atoms with E-state index in [0.717, 1.165) is 13.0 Å². The lowest BCUT2D eigenvalue weighted by atomic mass is 9.97. The molecule has 106 valence electrons. The maximum absolute atomic E-state index is 14.0. The molecule has 1 nitrogen and oxygen atoms in total. The Balaban J connectivity index is 2.29. The molecule has 2 aromatic carbocycles. The number of aryl methyl sites for hydroxylation is 1. The van der Waals surface area contributed by atoms with Crippen LogP contribution in [0.25, 0.3) is 0 Å². The van der Waals surface area contributed by atoms with E-state index >= 15 is 0 Å². The third-order valence-electron chi connectivity index (χ3n) is 3.31. The highest BCUT2D eigenvalue weighted by atomic mass is 35.5. The fourth-order valence-corrected chi connectivity index (χ4v) is 2.58. The zero-order chi connectivity index (χ0) is 14.5. The Morgan fingerprint density at radius 2 is 2.00 bits per heavy atom. The molecule has 0 bridgehead atoms. The lowest BCUT2D eigenvalue weighted by Gasteiger charge is -2.19. The van der Waals surface area contributed by atoms with E-state index < -0.39 is 0 Å². The minimum atomic E-state index is -0.215. The maximum atomic E-state index is 14.0. The highest BCUT2D eigenvalue weighted by Crippen LogP contribution is 2.24. The second-order valence-corrected chi connectivity index (χ2v) is 5.41. The molecule has 0 spiro atoms. The Kier molecular flexibility index (Phi) is 5.16. The second kappa shape index (κ2) is 6.87. The van der Waals surface area contributed by atoms with Crippen molar-refractivity contribution in [1.82, 2.24) is 5.32 Å². The van der Waals surface area contributed by atoms with Gasteiger partial charge in [-0.2, -0.15) is 0 Å². The van der Waals surface area contributed by atoms with Crippen LogP contribution in [-0.2, 0) is 6.42 Å². The molecule has 0 aliphatic rings. The summed E-state index contributed by atoms with van der Waals surface area (Å²) < 4.78 is 14.0. The van der Waals surface area contributed by atoms with Gasteiger partial charge in [-0.15, -0.1) is 0 Å². The second-order valence-electron chi connectivity index (χ2n) is 4.97. The number of benzene rings is 2. The monoisotopic (exact) mass is 291 g/mol. The van der Waals surface area contributed by atoms with Gasteiger partial charge in [-0.1, -0.05) is 48.4 Å². The molecule has 0 saturated carbocycles. The van der Waals surface area contributed by atoms with Crippen molar-refractivity contribution in [2.24, 2.45) is 0 Å². The van der Waals surface area contributed by atoms with E-state index in [1.54, 1.807) is 12.1 Å². The fourth-order valence-electron chi connectivity index (χ4n) is 2.39. The first kappa shape index (κ1) is 15.0. The summed E-state index contributed by atoms with van der Waals surface area (Å²) in [7, 11) is 0. The number of hydrogen-bond donors (Lipinski definition) is 1. The Morgan fingerprint density at radius 3 is 2.70 bits per heavy atom. The SMILES string of the molecule is CCNC(Cc1cccc(C)c1)c1cc(Cl)ccc1F. The van der Waals surface area contributed by atoms with Crippen molar-refractivity contribution in [3.63, 3.8) is 0 Å². The van der Waals surface area contributed by atoms with Crippen molar-refractivity contribution >= 4 is 11.6 Å². The number of halogens is 2. The van der Waals surface area contributed by atoms with Crippen molar-refractivity contribution in [3.8, 4) is 0 Å². The molecule has 3 heteroatoms. The Bertz CT molecular complexity index is 583. The highest BCUT2D eigenvalue weighted by Gasteiger charge is 2.16. The largest absolute Gasteiger partial charge is 0.310 e. The van der Waals surface area contributed by atoms with Crippen LogP contribution in [0.15, 0.2) is 42.5 Å². The van der Waals surface area contributed by atoms with E-state index in [1.807, 2.05) is 13.0 Å². The average molecular weight is 292 g/mol. The van der Waals surface area contributed by atoms with Crippen molar-refractivity contribution in [3.05, 3.63) is 70.0 Å². The number of rotatable bonds is 5. The van der Waals surface area contributed by atoms with E-state index in [-0.39, 0.29) is 11.9 Å². The number of nitrogens with one attached hydrogen (secondary N) is 1. The first-order chi connectivity index (χ1) is 9.60. The van der Waals surface area contributed by atoms with Gasteiger partial charge in [-0.25, -0.2) is 4.39 Å². The molecule has 1 unspecified atom stereocenters. The van der Waals surface area contributed by atoms with Gasteiger partial charge in [0, 0.05) is 16.6 Å². The highest BCUT2D eigenvalue weighted by molar-refractivity contribution is 6.30. The molecule has 0 radical (unpaired) electrons. The van der Waals surface area contributed by atoms with Gasteiger partial charge in [0.15, 0.2) is 0 Å². The Morgan fingerprint density at radius 1 is 1.20 bits per heavy atom. The zero-order valence-corrected chi connectivity index (χ0v) is 12.5. The first-order valence-corrected chi connectivity index (χ1v) is 7.22. The normalized spacial score (nSPS) is 12.4. The van der Waals surface area contributed by atoms with Crippen molar-refractivity contribution in [2.75, 3.05) is 6.54 Å². The van der Waals surface area contributed by atoms with Crippen LogP contribution in [0.4, 0.5) is 4.39 Å². The third-order valence-corrected chi connectivity index (χ3v) is 3.54. The molecule has 0 saturated heterocycles. The average Bonchev–Trinajstić information content (AvgIpc) is 2.41. The van der Waals surface area contributed by atoms with E-state index in [4.69, 9.17) is 11.6 Å². The minimum absolute atomic E-state index is 0.0690. The quantitative estimate of drug-likeness (QED) is 0.843. The number of hydrogen-bond acceptors (Lipinski definition) is 1. The van der Waals surface area contributed by atoms with E-state index in [9.17, 15) is 4.39 Å². The van der Waals surface area contributed by atoms with Crippen LogP contribution in [0.1, 0.15) is 29.7 Å². The lowest BCUT2D eigenvalue weighted by molar-refractivity contribution is 0.510. The molecule has 0 aliphatic heterocycles. The van der Waals surface area contributed by atoms with Gasteiger partial charge in [0.25, 0.3) is 0 Å². The van der Waals surface area contributed by atoms with Crippen LogP contribution in [0.3, 0.4) is 0 Å². The molecule has 1 atom stereocenters. The van der Waals surface area contributed by atoms with Crippen molar-refractivity contribution in [2.45, 2.75) is 26.3 Å². The summed E-state index contributed by atoms with van der Waals surface area (Å²) in [5, 5.41) is 3.90. The van der Waals surface area contributed by atoms with Gasteiger partial charge in [0.1, 0.15) is 5.82 Å². The smallest absolute Gasteiger partial charge is 0.128 e. The van der Waals surface area contributed by atoms with Gasteiger partial charge >= 0.3 is 0 Å². The standard InChI is InChI=1S/C17H19ClFN/c1-3-20-17(10-13-6-4-5-12(2)9-13)15-11-14(18)7-8-16(15)19/h4-9,11,17,20H,3,10H2,1-2H3. The van der Waals surface area contributed by atoms with Gasteiger partial charge < -0.3 is 5.32 Å². The molecule has 0 heterocycles. The molecule has 0 fully saturated rings. The van der Waals surface area contributed by atoms with Crippen molar-refractivity contribution < 1.29 is 4.39 Å². The molecule has 2 aromatic rings. The molecule has 2 rings (SSSR count). The minimum Gasteiger partial charge on any atom is -0.310 e. The third kappa shape index (κ3) is 3.81. The maximum Gasteiger partial charge on any atom is 0.128 e. The van der Waals surface area contributed by atoms with Gasteiger partial charge in [-0.05, 0) is 43.7 Å². The van der Waals surface area contributed by atoms with Crippen LogP contribution in [0.5, 0.6) is 0 Å². The predicted molar refractivity (Wildman–Crippen MR) is 82.7 cm³/mol. The van der Waals surface area contributed by atoms with E-state index in [0.29, 0.717) is 10.6 Å². The summed E-state index contributed by atoms with van der Waals surface area (Å²) in [5.41, 5.74) is 3.03. The van der Waals surface area contributed by atoms with Crippen LogP contribution >= 0.6 is 11.6 Å². The molecular weight excluding hydrogens is 273 g/mol. The zero-order valence-electron chi connectivity index (χ0n) is 11.8. The summed E-state index contributed by atoms with van der Waals surface area (Å²) in [6.07, 6.45) is 0.743. The summed E-state index contributed by atoms with van der Waals surface area (Å²) in [6.45, 7) is 4.86. The Labute approximate surface area is 124 Å². The van der Waals surface area contributed by atoms with Crippen LogP contribution in [-0.4, -0.2) is 6.54 Å². The van der Waals surface area contributed by atoms with Crippen LogP contribution < -0.4 is 5.32 Å². The Hall–Kier alpha value is -1.38. The molecule has 1 N–H and O–H groups in total. The molecule has 20 heavy (non-hydrogen) atoms. The van der Waals surface area contributed by atoms with E-state index in [1.165, 1.54) is 17.2 Å².